The number of ether oxygens (including phenoxy) is 2. The minimum atomic E-state index is -0.695. The van der Waals surface area contributed by atoms with E-state index in [-0.39, 0.29) is 18.0 Å². The summed E-state index contributed by atoms with van der Waals surface area (Å²) >= 11 is 0. The minimum absolute atomic E-state index is 0.00366. The molecule has 1 spiro atoms. The monoisotopic (exact) mass is 267 g/mol. The number of hydrogen-bond acceptors (Lipinski definition) is 4. The molecule has 5 nitrogen and oxygen atoms in total. The third kappa shape index (κ3) is 2.14. The molecule has 2 saturated heterocycles. The standard InChI is InChI=1S/C14H21NO4/c16-12(11-5-4-9-18-11)15-8-10-19-13(17)14(15)6-2-1-3-7-14/h11H,1-10H2. The van der Waals surface area contributed by atoms with Gasteiger partial charge in [-0.3, -0.25) is 4.79 Å². The normalized spacial score (nSPS) is 30.4. The van der Waals surface area contributed by atoms with E-state index < -0.39 is 5.54 Å². The largest absolute Gasteiger partial charge is 0.462 e. The number of carbonyl (C=O) groups is 2. The molecule has 0 radical (unpaired) electrons. The molecule has 1 saturated carbocycles. The maximum absolute atomic E-state index is 12.6. The fourth-order valence-corrected chi connectivity index (χ4v) is 3.57. The third-order valence-corrected chi connectivity index (χ3v) is 4.60. The van der Waals surface area contributed by atoms with Crippen molar-refractivity contribution in [1.82, 2.24) is 4.90 Å². The molecule has 5 heteroatoms. The smallest absolute Gasteiger partial charge is 0.332 e. The predicted octanol–water partition coefficient (Wildman–Crippen LogP) is 1.25. The van der Waals surface area contributed by atoms with Crippen molar-refractivity contribution in [2.45, 2.75) is 56.6 Å². The Morgan fingerprint density at radius 2 is 1.95 bits per heavy atom. The molecular weight excluding hydrogens is 246 g/mol. The Kier molecular flexibility index (Phi) is 3.48. The fourth-order valence-electron chi connectivity index (χ4n) is 3.57. The maximum atomic E-state index is 12.6. The van der Waals surface area contributed by atoms with Crippen molar-refractivity contribution < 1.29 is 19.1 Å². The van der Waals surface area contributed by atoms with Gasteiger partial charge in [0.05, 0.1) is 6.54 Å². The molecule has 0 aromatic rings. The summed E-state index contributed by atoms with van der Waals surface area (Å²) in [5.74, 6) is -0.208. The molecule has 0 N–H and O–H groups in total. The first-order chi connectivity index (χ1) is 9.24. The lowest BCUT2D eigenvalue weighted by atomic mass is 9.79. The molecule has 3 aliphatic rings. The average Bonchev–Trinajstić information content (AvgIpc) is 2.96. The first kappa shape index (κ1) is 12.9. The van der Waals surface area contributed by atoms with Crippen molar-refractivity contribution in [2.75, 3.05) is 19.8 Å². The Hall–Kier alpha value is -1.10. The predicted molar refractivity (Wildman–Crippen MR) is 67.5 cm³/mol. The third-order valence-electron chi connectivity index (χ3n) is 4.60. The molecule has 0 aromatic carbocycles. The highest BCUT2D eigenvalue weighted by Gasteiger charge is 2.51. The van der Waals surface area contributed by atoms with Gasteiger partial charge in [-0.05, 0) is 25.7 Å². The second-order valence-electron chi connectivity index (χ2n) is 5.72. The number of rotatable bonds is 1. The van der Waals surface area contributed by atoms with Crippen molar-refractivity contribution in [3.05, 3.63) is 0 Å². The van der Waals surface area contributed by atoms with Crippen LogP contribution in [0.25, 0.3) is 0 Å². The van der Waals surface area contributed by atoms with Crippen LogP contribution in [0, 0.1) is 0 Å². The summed E-state index contributed by atoms with van der Waals surface area (Å²) in [6, 6.07) is 0. The van der Waals surface area contributed by atoms with Gasteiger partial charge in [0.1, 0.15) is 18.2 Å². The summed E-state index contributed by atoms with van der Waals surface area (Å²) in [4.78, 5) is 26.6. The number of esters is 1. The fraction of sp³-hybridized carbons (Fsp3) is 0.857. The number of hydrogen-bond donors (Lipinski definition) is 0. The van der Waals surface area contributed by atoms with E-state index in [1.807, 2.05) is 0 Å². The van der Waals surface area contributed by atoms with E-state index >= 15 is 0 Å². The van der Waals surface area contributed by atoms with Crippen molar-refractivity contribution in [3.63, 3.8) is 0 Å². The van der Waals surface area contributed by atoms with E-state index in [2.05, 4.69) is 0 Å². The van der Waals surface area contributed by atoms with Crippen LogP contribution in [0.1, 0.15) is 44.9 Å². The molecule has 0 bridgehead atoms. The van der Waals surface area contributed by atoms with E-state index in [1.54, 1.807) is 4.90 Å². The van der Waals surface area contributed by atoms with Crippen LogP contribution in [0.2, 0.25) is 0 Å². The second kappa shape index (κ2) is 5.12. The summed E-state index contributed by atoms with van der Waals surface area (Å²) in [6.45, 7) is 1.49. The Morgan fingerprint density at radius 3 is 2.63 bits per heavy atom. The SMILES string of the molecule is O=C(C1CCCO1)N1CCOC(=O)C12CCCCC2. The van der Waals surface area contributed by atoms with Crippen molar-refractivity contribution in [1.29, 1.82) is 0 Å². The molecule has 2 aliphatic heterocycles. The quantitative estimate of drug-likeness (QED) is 0.671. The first-order valence-corrected chi connectivity index (χ1v) is 7.34. The van der Waals surface area contributed by atoms with Crippen LogP contribution in [-0.4, -0.2) is 48.2 Å². The van der Waals surface area contributed by atoms with Crippen LogP contribution >= 0.6 is 0 Å². The van der Waals surface area contributed by atoms with Gasteiger partial charge in [0, 0.05) is 6.61 Å². The van der Waals surface area contributed by atoms with Gasteiger partial charge in [-0.2, -0.15) is 0 Å². The molecule has 2 heterocycles. The molecule has 1 unspecified atom stereocenters. The topological polar surface area (TPSA) is 55.8 Å². The van der Waals surface area contributed by atoms with Gasteiger partial charge < -0.3 is 14.4 Å². The van der Waals surface area contributed by atoms with E-state index in [1.165, 1.54) is 0 Å². The Labute approximate surface area is 113 Å². The van der Waals surface area contributed by atoms with Crippen LogP contribution in [0.3, 0.4) is 0 Å². The van der Waals surface area contributed by atoms with Gasteiger partial charge in [0.25, 0.3) is 5.91 Å². The molecule has 106 valence electrons. The highest BCUT2D eigenvalue weighted by Crippen LogP contribution is 2.37. The number of cyclic esters (lactones) is 1. The molecule has 3 fully saturated rings. The highest BCUT2D eigenvalue weighted by molar-refractivity contribution is 5.91. The van der Waals surface area contributed by atoms with E-state index in [4.69, 9.17) is 9.47 Å². The van der Waals surface area contributed by atoms with Crippen molar-refractivity contribution in [2.24, 2.45) is 0 Å². The maximum Gasteiger partial charge on any atom is 0.332 e. The van der Waals surface area contributed by atoms with Gasteiger partial charge in [0.2, 0.25) is 0 Å². The zero-order valence-electron chi connectivity index (χ0n) is 11.2. The van der Waals surface area contributed by atoms with Gasteiger partial charge in [-0.15, -0.1) is 0 Å². The zero-order chi connectivity index (χ0) is 13.3. The summed E-state index contributed by atoms with van der Waals surface area (Å²) in [6.07, 6.45) is 5.97. The summed E-state index contributed by atoms with van der Waals surface area (Å²) < 4.78 is 10.7. The average molecular weight is 267 g/mol. The highest BCUT2D eigenvalue weighted by atomic mass is 16.5. The number of morpholine rings is 1. The second-order valence-corrected chi connectivity index (χ2v) is 5.72. The Bertz CT molecular complexity index is 370. The molecule has 0 aromatic heterocycles. The number of amides is 1. The van der Waals surface area contributed by atoms with Crippen molar-refractivity contribution >= 4 is 11.9 Å². The van der Waals surface area contributed by atoms with Crippen LogP contribution in [0.15, 0.2) is 0 Å². The van der Waals surface area contributed by atoms with Gasteiger partial charge in [-0.25, -0.2) is 4.79 Å². The van der Waals surface area contributed by atoms with Gasteiger partial charge >= 0.3 is 5.97 Å². The van der Waals surface area contributed by atoms with E-state index in [9.17, 15) is 9.59 Å². The number of nitrogens with zero attached hydrogens (tertiary/aromatic N) is 1. The van der Waals surface area contributed by atoms with Crippen LogP contribution in [0.5, 0.6) is 0 Å². The Morgan fingerprint density at radius 1 is 1.16 bits per heavy atom. The molecule has 19 heavy (non-hydrogen) atoms. The zero-order valence-corrected chi connectivity index (χ0v) is 11.2. The first-order valence-electron chi connectivity index (χ1n) is 7.34. The molecule has 1 atom stereocenters. The summed E-state index contributed by atoms with van der Waals surface area (Å²) in [5, 5.41) is 0. The van der Waals surface area contributed by atoms with Crippen LogP contribution in [0.4, 0.5) is 0 Å². The number of carbonyl (C=O) groups excluding carboxylic acids is 2. The van der Waals surface area contributed by atoms with Crippen LogP contribution < -0.4 is 0 Å². The Balaban J connectivity index is 1.83. The lowest BCUT2D eigenvalue weighted by Gasteiger charge is -2.47. The van der Waals surface area contributed by atoms with E-state index in [0.29, 0.717) is 19.8 Å². The van der Waals surface area contributed by atoms with Crippen molar-refractivity contribution in [3.8, 4) is 0 Å². The lowest BCUT2D eigenvalue weighted by molar-refractivity contribution is -0.181. The summed E-state index contributed by atoms with van der Waals surface area (Å²) in [7, 11) is 0. The molecule has 1 aliphatic carbocycles. The molecule has 1 amide bonds. The molecular formula is C14H21NO4. The minimum Gasteiger partial charge on any atom is -0.462 e. The van der Waals surface area contributed by atoms with Crippen LogP contribution in [-0.2, 0) is 19.1 Å². The van der Waals surface area contributed by atoms with Gasteiger partial charge in [-0.1, -0.05) is 19.3 Å². The van der Waals surface area contributed by atoms with Gasteiger partial charge in [0.15, 0.2) is 0 Å². The molecule has 3 rings (SSSR count). The summed E-state index contributed by atoms with van der Waals surface area (Å²) in [5.41, 5.74) is -0.695. The van der Waals surface area contributed by atoms with E-state index in [0.717, 1.165) is 44.9 Å². The lowest BCUT2D eigenvalue weighted by Crippen LogP contribution is -2.64.